The molecule has 0 unspecified atom stereocenters. The van der Waals surface area contributed by atoms with Gasteiger partial charge in [-0.25, -0.2) is 0 Å². The van der Waals surface area contributed by atoms with Crippen LogP contribution >= 0.6 is 0 Å². The molecule has 1 radical (unpaired) electrons. The van der Waals surface area contributed by atoms with E-state index in [4.69, 9.17) is 0 Å². The molecule has 0 aliphatic heterocycles. The molecule has 0 bridgehead atoms. The summed E-state index contributed by atoms with van der Waals surface area (Å²) in [5.41, 5.74) is 6.05. The maximum Gasteiger partial charge on any atom is -0.0201 e. The van der Waals surface area contributed by atoms with E-state index in [-0.39, 0.29) is 0 Å². The molecular weight excluding hydrogens is 144 g/mol. The van der Waals surface area contributed by atoms with E-state index in [9.17, 15) is 0 Å². The summed E-state index contributed by atoms with van der Waals surface area (Å²) in [5, 5.41) is 0. The van der Waals surface area contributed by atoms with Crippen LogP contribution in [-0.4, -0.2) is 0 Å². The Morgan fingerprint density at radius 2 is 1.75 bits per heavy atom. The smallest absolute Gasteiger partial charge is 0.0201 e. The number of hydrogen-bond acceptors (Lipinski definition) is 0. The van der Waals surface area contributed by atoms with Crippen molar-refractivity contribution in [3.8, 4) is 0 Å². The van der Waals surface area contributed by atoms with E-state index < -0.39 is 0 Å². The lowest BCUT2D eigenvalue weighted by Crippen LogP contribution is -1.91. The zero-order valence-electron chi connectivity index (χ0n) is 8.07. The van der Waals surface area contributed by atoms with E-state index in [0.29, 0.717) is 0 Å². The van der Waals surface area contributed by atoms with E-state index in [2.05, 4.69) is 33.4 Å². The lowest BCUT2D eigenvalue weighted by Gasteiger charge is -2.10. The Labute approximate surface area is 74.9 Å². The van der Waals surface area contributed by atoms with Crippen LogP contribution in [0, 0.1) is 20.8 Å². The summed E-state index contributed by atoms with van der Waals surface area (Å²) in [6.07, 6.45) is 0. The molecule has 1 rings (SSSR count). The van der Waals surface area contributed by atoms with Crippen molar-refractivity contribution < 1.29 is 0 Å². The van der Waals surface area contributed by atoms with Gasteiger partial charge in [0.2, 0.25) is 0 Å². The second-order valence-electron chi connectivity index (χ2n) is 3.30. The van der Waals surface area contributed by atoms with Gasteiger partial charge in [-0.1, -0.05) is 24.3 Å². The molecule has 0 nitrogen and oxygen atoms in total. The van der Waals surface area contributed by atoms with Gasteiger partial charge in [-0.3, -0.25) is 0 Å². The maximum atomic E-state index is 3.95. The summed E-state index contributed by atoms with van der Waals surface area (Å²) < 4.78 is 0. The minimum absolute atomic E-state index is 1.11. The normalized spacial score (nSPS) is 10.0. The molecule has 1 aromatic carbocycles. The largest absolute Gasteiger partial charge is 0.0955 e. The van der Waals surface area contributed by atoms with Gasteiger partial charge in [0.25, 0.3) is 0 Å². The van der Waals surface area contributed by atoms with Crippen LogP contribution in [0.3, 0.4) is 0 Å². The lowest BCUT2D eigenvalue weighted by atomic mass is 9.95. The van der Waals surface area contributed by atoms with Crippen molar-refractivity contribution in [2.24, 2.45) is 0 Å². The SMILES string of the molecule is [CH2]c1ccc(C(=C)C)c(C)c1C. The Morgan fingerprint density at radius 1 is 1.17 bits per heavy atom. The number of hydrogen-bond donors (Lipinski definition) is 0. The zero-order valence-corrected chi connectivity index (χ0v) is 8.07. The van der Waals surface area contributed by atoms with E-state index in [1.807, 2.05) is 13.0 Å². The van der Waals surface area contributed by atoms with Crippen molar-refractivity contribution in [3.63, 3.8) is 0 Å². The summed E-state index contributed by atoms with van der Waals surface area (Å²) in [4.78, 5) is 0. The molecule has 0 aliphatic carbocycles. The van der Waals surface area contributed by atoms with Crippen LogP contribution in [-0.2, 0) is 0 Å². The third-order valence-corrected chi connectivity index (χ3v) is 2.36. The molecule has 0 atom stereocenters. The molecule has 0 heterocycles. The Morgan fingerprint density at radius 3 is 2.25 bits per heavy atom. The van der Waals surface area contributed by atoms with Crippen molar-refractivity contribution in [2.45, 2.75) is 20.8 Å². The van der Waals surface area contributed by atoms with Crippen LogP contribution in [0.25, 0.3) is 5.57 Å². The first-order valence-electron chi connectivity index (χ1n) is 4.12. The summed E-state index contributed by atoms with van der Waals surface area (Å²) >= 11 is 0. The molecule has 0 heteroatoms. The third-order valence-electron chi connectivity index (χ3n) is 2.36. The first-order valence-corrected chi connectivity index (χ1v) is 4.12. The van der Waals surface area contributed by atoms with Gasteiger partial charge in [-0.2, -0.15) is 0 Å². The zero-order chi connectivity index (χ0) is 9.30. The van der Waals surface area contributed by atoms with E-state index in [0.717, 1.165) is 11.1 Å². The highest BCUT2D eigenvalue weighted by atomic mass is 14.1. The average molecular weight is 159 g/mol. The van der Waals surface area contributed by atoms with Crippen molar-refractivity contribution in [1.82, 2.24) is 0 Å². The van der Waals surface area contributed by atoms with Crippen LogP contribution in [0.15, 0.2) is 18.7 Å². The molecule has 0 fully saturated rings. The molecule has 0 saturated heterocycles. The fraction of sp³-hybridized carbons (Fsp3) is 0.250. The number of rotatable bonds is 1. The summed E-state index contributed by atoms with van der Waals surface area (Å²) in [6.45, 7) is 14.1. The van der Waals surface area contributed by atoms with Crippen molar-refractivity contribution in [3.05, 3.63) is 47.9 Å². The standard InChI is InChI=1S/C12H15/c1-8(2)12-7-6-9(3)10(4)11(12)5/h6-7H,1,3H2,2,4-5H3. The predicted molar refractivity (Wildman–Crippen MR) is 55.1 cm³/mol. The minimum Gasteiger partial charge on any atom is -0.0955 e. The molecule has 0 saturated carbocycles. The molecule has 1 aromatic rings. The monoisotopic (exact) mass is 159 g/mol. The Kier molecular flexibility index (Phi) is 2.37. The van der Waals surface area contributed by atoms with Crippen molar-refractivity contribution in [1.29, 1.82) is 0 Å². The van der Waals surface area contributed by atoms with Crippen LogP contribution in [0.4, 0.5) is 0 Å². The van der Waals surface area contributed by atoms with E-state index >= 15 is 0 Å². The molecule has 0 aromatic heterocycles. The molecule has 0 spiro atoms. The van der Waals surface area contributed by atoms with Crippen LogP contribution < -0.4 is 0 Å². The molecule has 63 valence electrons. The van der Waals surface area contributed by atoms with Gasteiger partial charge < -0.3 is 0 Å². The number of benzene rings is 1. The maximum absolute atomic E-state index is 3.95. The number of allylic oxidation sites excluding steroid dienone is 1. The second kappa shape index (κ2) is 3.14. The minimum atomic E-state index is 1.11. The Hall–Kier alpha value is -1.04. The van der Waals surface area contributed by atoms with Gasteiger partial charge in [0.05, 0.1) is 0 Å². The first kappa shape index (κ1) is 9.05. The quantitative estimate of drug-likeness (QED) is 0.588. The van der Waals surface area contributed by atoms with Crippen LogP contribution in [0.5, 0.6) is 0 Å². The van der Waals surface area contributed by atoms with E-state index in [1.54, 1.807) is 0 Å². The van der Waals surface area contributed by atoms with Crippen molar-refractivity contribution in [2.75, 3.05) is 0 Å². The highest BCUT2D eigenvalue weighted by molar-refractivity contribution is 5.66. The van der Waals surface area contributed by atoms with Gasteiger partial charge >= 0.3 is 0 Å². The van der Waals surface area contributed by atoms with Crippen LogP contribution in [0.2, 0.25) is 0 Å². The average Bonchev–Trinajstić information content (AvgIpc) is 2.00. The lowest BCUT2D eigenvalue weighted by molar-refractivity contribution is 1.28. The molecular formula is C12H15. The topological polar surface area (TPSA) is 0 Å². The fourth-order valence-electron chi connectivity index (χ4n) is 1.34. The van der Waals surface area contributed by atoms with Gasteiger partial charge in [-0.15, -0.1) is 0 Å². The van der Waals surface area contributed by atoms with Gasteiger partial charge in [-0.05, 0) is 49.9 Å². The van der Waals surface area contributed by atoms with Gasteiger partial charge in [0, 0.05) is 0 Å². The summed E-state index contributed by atoms with van der Waals surface area (Å²) in [6, 6.07) is 4.14. The van der Waals surface area contributed by atoms with E-state index in [1.165, 1.54) is 16.7 Å². The molecule has 0 amide bonds. The summed E-state index contributed by atoms with van der Waals surface area (Å²) in [7, 11) is 0. The third kappa shape index (κ3) is 1.42. The summed E-state index contributed by atoms with van der Waals surface area (Å²) in [5.74, 6) is 0. The highest BCUT2D eigenvalue weighted by Gasteiger charge is 2.02. The first-order chi connectivity index (χ1) is 5.54. The second-order valence-corrected chi connectivity index (χ2v) is 3.30. The molecule has 12 heavy (non-hydrogen) atoms. The fourth-order valence-corrected chi connectivity index (χ4v) is 1.34. The van der Waals surface area contributed by atoms with Crippen LogP contribution in [0.1, 0.15) is 29.2 Å². The molecule has 0 aliphatic rings. The molecule has 0 N–H and O–H groups in total. The van der Waals surface area contributed by atoms with Gasteiger partial charge in [0.1, 0.15) is 0 Å². The Balaban J connectivity index is 3.36. The van der Waals surface area contributed by atoms with Crippen molar-refractivity contribution >= 4 is 5.57 Å². The Bertz CT molecular complexity index is 319. The predicted octanol–water partition coefficient (Wildman–Crippen LogP) is 3.52. The highest BCUT2D eigenvalue weighted by Crippen LogP contribution is 2.21. The van der Waals surface area contributed by atoms with Gasteiger partial charge in [0.15, 0.2) is 0 Å².